The van der Waals surface area contributed by atoms with Gasteiger partial charge in [0.1, 0.15) is 0 Å². The molecule has 7 unspecified atom stereocenters. The van der Waals surface area contributed by atoms with Gasteiger partial charge in [0.15, 0.2) is 0 Å². The molecule has 3 aliphatic carbocycles. The molecule has 3 aromatic rings. The Morgan fingerprint density at radius 2 is 1.08 bits per heavy atom. The lowest BCUT2D eigenvalue weighted by molar-refractivity contribution is 0.586. The summed E-state index contributed by atoms with van der Waals surface area (Å²) in [6.45, 7) is 23.9. The van der Waals surface area contributed by atoms with Crippen molar-refractivity contribution < 1.29 is 0 Å². The Bertz CT molecular complexity index is 1370. The van der Waals surface area contributed by atoms with Gasteiger partial charge in [-0.1, -0.05) is 155 Å². The maximum atomic E-state index is 2.72. The van der Waals surface area contributed by atoms with Crippen LogP contribution in [-0.4, -0.2) is 24.2 Å². The van der Waals surface area contributed by atoms with E-state index in [2.05, 4.69) is 150 Å². The fourth-order valence-corrected chi connectivity index (χ4v) is 18.4. The summed E-state index contributed by atoms with van der Waals surface area (Å²) >= 11 is 0. The highest BCUT2D eigenvalue weighted by atomic mass is 28.3. The Kier molecular flexibility index (Phi) is 6.30. The largest absolute Gasteiger partial charge is 0.0736 e. The lowest BCUT2D eigenvalue weighted by Crippen LogP contribution is -2.37. The molecule has 0 radical (unpaired) electrons. The molecule has 0 aliphatic heterocycles. The minimum Gasteiger partial charge on any atom is -0.0693 e. The number of hydrogen-bond donors (Lipinski definition) is 0. The lowest BCUT2D eigenvalue weighted by atomic mass is 10.0. The summed E-state index contributed by atoms with van der Waals surface area (Å²) in [4.78, 5) is 0. The summed E-state index contributed by atoms with van der Waals surface area (Å²) in [6, 6.07) is 34.9. The predicted octanol–water partition coefficient (Wildman–Crippen LogP) is 10.6. The second-order valence-electron chi connectivity index (χ2n) is 15.9. The first-order chi connectivity index (χ1) is 18.3. The van der Waals surface area contributed by atoms with Gasteiger partial charge in [-0.3, -0.25) is 0 Å². The Morgan fingerprint density at radius 1 is 0.590 bits per heavy atom. The molecule has 204 valence electrons. The highest BCUT2D eigenvalue weighted by molar-refractivity contribution is 6.87. The summed E-state index contributed by atoms with van der Waals surface area (Å²) in [5, 5.41) is 2.29. The quantitative estimate of drug-likeness (QED) is 0.239. The summed E-state index contributed by atoms with van der Waals surface area (Å²) in [6.07, 6.45) is 0. The maximum Gasteiger partial charge on any atom is 0.0736 e. The second kappa shape index (κ2) is 9.03. The monoisotopic (exact) mass is 564 g/mol. The fraction of sp³-hybridized carbons (Fsp3) is 0.444. The van der Waals surface area contributed by atoms with Crippen LogP contribution < -0.4 is 0 Å². The number of hydrogen-bond acceptors (Lipinski definition) is 0. The lowest BCUT2D eigenvalue weighted by Gasteiger charge is -2.35. The van der Waals surface area contributed by atoms with Gasteiger partial charge in [-0.2, -0.15) is 0 Å². The van der Waals surface area contributed by atoms with Crippen LogP contribution in [0, 0.1) is 17.8 Å². The van der Waals surface area contributed by atoms with E-state index < -0.39 is 24.2 Å². The number of benzene rings is 3. The molecule has 0 heterocycles. The Morgan fingerprint density at radius 3 is 1.54 bits per heavy atom. The molecule has 0 bridgehead atoms. The van der Waals surface area contributed by atoms with E-state index in [1.54, 1.807) is 16.7 Å². The Hall–Kier alpha value is -1.95. The summed E-state index contributed by atoms with van der Waals surface area (Å²) < 4.78 is 0. The third-order valence-corrected chi connectivity index (χ3v) is 19.1. The average molecular weight is 565 g/mol. The van der Waals surface area contributed by atoms with Gasteiger partial charge < -0.3 is 0 Å². The topological polar surface area (TPSA) is 0 Å². The van der Waals surface area contributed by atoms with Gasteiger partial charge in [-0.25, -0.2) is 0 Å². The third kappa shape index (κ3) is 4.26. The first-order valence-electron chi connectivity index (χ1n) is 15.2. The molecular formula is C36H48Si3. The first-order valence-corrected chi connectivity index (χ1v) is 25.8. The van der Waals surface area contributed by atoms with Gasteiger partial charge in [0.25, 0.3) is 0 Å². The number of rotatable bonds is 8. The third-order valence-electron chi connectivity index (χ3n) is 10.6. The SMILES string of the molecule is C[Si](C)(C)C1=C(c2ccccc2)C1C1([Si](C)(C)C)C(c2ccccc2)C1C1C(c2ccccc2)C1[Si](C)(C)C. The van der Waals surface area contributed by atoms with Crippen molar-refractivity contribution in [2.24, 2.45) is 17.8 Å². The molecule has 3 aromatic carbocycles. The van der Waals surface area contributed by atoms with Crippen LogP contribution in [0.1, 0.15) is 28.5 Å². The van der Waals surface area contributed by atoms with Gasteiger partial charge in [-0.05, 0) is 56.5 Å². The summed E-state index contributed by atoms with van der Waals surface area (Å²) in [5.74, 6) is 3.69. The molecule has 39 heavy (non-hydrogen) atoms. The summed E-state index contributed by atoms with van der Waals surface area (Å²) in [7, 11) is -4.45. The molecule has 0 amide bonds. The molecule has 0 nitrogen and oxygen atoms in total. The zero-order chi connectivity index (χ0) is 28.0. The van der Waals surface area contributed by atoms with Crippen LogP contribution >= 0.6 is 0 Å². The van der Waals surface area contributed by atoms with Crippen LogP contribution in [0.15, 0.2) is 96.2 Å². The molecule has 0 N–H and O–H groups in total. The van der Waals surface area contributed by atoms with Crippen molar-refractivity contribution in [3.63, 3.8) is 0 Å². The molecule has 2 saturated carbocycles. The molecule has 7 atom stereocenters. The summed E-state index contributed by atoms with van der Waals surface area (Å²) in [5.41, 5.74) is 7.36. The molecule has 3 heteroatoms. The molecule has 0 saturated heterocycles. The fourth-order valence-electron chi connectivity index (χ4n) is 9.37. The van der Waals surface area contributed by atoms with Crippen LogP contribution in [-0.2, 0) is 0 Å². The van der Waals surface area contributed by atoms with Crippen LogP contribution in [0.5, 0.6) is 0 Å². The van der Waals surface area contributed by atoms with Crippen molar-refractivity contribution in [3.05, 3.63) is 113 Å². The molecule has 3 aliphatic rings. The van der Waals surface area contributed by atoms with Crippen molar-refractivity contribution in [2.45, 2.75) is 81.3 Å². The minimum atomic E-state index is -1.62. The molecule has 0 spiro atoms. The van der Waals surface area contributed by atoms with Crippen LogP contribution in [0.2, 0.25) is 69.5 Å². The average Bonchev–Trinajstić information content (AvgIpc) is 3.77. The van der Waals surface area contributed by atoms with E-state index in [0.29, 0.717) is 16.9 Å². The number of allylic oxidation sites excluding steroid dienone is 2. The van der Waals surface area contributed by atoms with Crippen LogP contribution in [0.25, 0.3) is 5.57 Å². The Balaban J connectivity index is 1.52. The van der Waals surface area contributed by atoms with Gasteiger partial charge >= 0.3 is 0 Å². The van der Waals surface area contributed by atoms with E-state index >= 15 is 0 Å². The van der Waals surface area contributed by atoms with Crippen LogP contribution in [0.4, 0.5) is 0 Å². The zero-order valence-electron chi connectivity index (χ0n) is 25.6. The van der Waals surface area contributed by atoms with Gasteiger partial charge in [0.2, 0.25) is 0 Å². The van der Waals surface area contributed by atoms with E-state index in [-0.39, 0.29) is 0 Å². The van der Waals surface area contributed by atoms with E-state index in [0.717, 1.165) is 23.3 Å². The molecular weight excluding hydrogens is 517 g/mol. The van der Waals surface area contributed by atoms with Crippen LogP contribution in [0.3, 0.4) is 0 Å². The standard InChI is InChI=1S/C36H48Si3/c1-37(2,3)34-28(25-19-13-10-14-20-25)30(34)32-31(27-23-17-12-18-24-27)36(32,39(7,8)9)33-29(35(33)38(4,5)6)26-21-15-11-16-22-26/h10-24,28,30-34H,1-9H3. The van der Waals surface area contributed by atoms with Gasteiger partial charge in [0.05, 0.1) is 16.1 Å². The van der Waals surface area contributed by atoms with E-state index in [1.165, 1.54) is 5.56 Å². The smallest absolute Gasteiger partial charge is 0.0693 e. The van der Waals surface area contributed by atoms with Crippen molar-refractivity contribution >= 4 is 29.8 Å². The highest BCUT2D eigenvalue weighted by Crippen LogP contribution is 2.92. The second-order valence-corrected chi connectivity index (χ2v) is 31.7. The van der Waals surface area contributed by atoms with Crippen molar-refractivity contribution in [1.82, 2.24) is 0 Å². The van der Waals surface area contributed by atoms with Crippen molar-refractivity contribution in [2.75, 3.05) is 0 Å². The van der Waals surface area contributed by atoms with E-state index in [1.807, 2.05) is 5.20 Å². The van der Waals surface area contributed by atoms with E-state index in [4.69, 9.17) is 0 Å². The Labute approximate surface area is 241 Å². The van der Waals surface area contributed by atoms with Crippen molar-refractivity contribution in [3.8, 4) is 0 Å². The highest BCUT2D eigenvalue weighted by Gasteiger charge is 2.83. The normalized spacial score (nSPS) is 32.2. The first kappa shape index (κ1) is 27.2. The zero-order valence-corrected chi connectivity index (χ0v) is 28.6. The van der Waals surface area contributed by atoms with Crippen molar-refractivity contribution in [1.29, 1.82) is 0 Å². The predicted molar refractivity (Wildman–Crippen MR) is 179 cm³/mol. The minimum absolute atomic E-state index is 0.404. The van der Waals surface area contributed by atoms with E-state index in [9.17, 15) is 0 Å². The molecule has 0 aromatic heterocycles. The van der Waals surface area contributed by atoms with Gasteiger partial charge in [0, 0.05) is 14.0 Å². The molecule has 6 rings (SSSR count). The molecule has 2 fully saturated rings. The van der Waals surface area contributed by atoms with Gasteiger partial charge in [-0.15, -0.1) is 0 Å². The maximum absolute atomic E-state index is 2.72.